The maximum atomic E-state index is 10.9. The Morgan fingerprint density at radius 3 is 2.87 bits per heavy atom. The van der Waals surface area contributed by atoms with Gasteiger partial charge in [-0.15, -0.1) is 0 Å². The predicted molar refractivity (Wildman–Crippen MR) is 58.5 cm³/mol. The molecule has 0 aliphatic carbocycles. The Morgan fingerprint density at radius 1 is 1.40 bits per heavy atom. The van der Waals surface area contributed by atoms with Crippen molar-refractivity contribution >= 4 is 27.7 Å². The summed E-state index contributed by atoms with van der Waals surface area (Å²) in [6.45, 7) is 0. The molecule has 1 aromatic heterocycles. The number of ether oxygens (including phenoxy) is 1. The molecular weight excluding hydrogens is 214 g/mol. The van der Waals surface area contributed by atoms with E-state index in [0.717, 1.165) is 16.7 Å². The number of hydrogen-bond acceptors (Lipinski definition) is 3. The van der Waals surface area contributed by atoms with E-state index in [2.05, 4.69) is 4.98 Å². The molecule has 0 N–H and O–H groups in total. The fraction of sp³-hybridized carbons (Fsp3) is 0.0909. The van der Waals surface area contributed by atoms with Crippen molar-refractivity contribution in [1.29, 1.82) is 0 Å². The molecule has 2 aromatic rings. The van der Waals surface area contributed by atoms with E-state index in [1.165, 1.54) is 6.20 Å². The van der Waals surface area contributed by atoms with Gasteiger partial charge in [0.25, 0.3) is 5.24 Å². The van der Waals surface area contributed by atoms with Crippen LogP contribution in [-0.2, 0) is 0 Å². The van der Waals surface area contributed by atoms with Gasteiger partial charge in [-0.3, -0.25) is 9.78 Å². The van der Waals surface area contributed by atoms with Crippen LogP contribution in [0.5, 0.6) is 5.75 Å². The minimum atomic E-state index is -0.500. The van der Waals surface area contributed by atoms with Gasteiger partial charge in [-0.05, 0) is 29.8 Å². The third-order valence-electron chi connectivity index (χ3n) is 2.12. The SMILES string of the molecule is COc1ccc2cc(C(=O)Cl)cnc2c1. The van der Waals surface area contributed by atoms with Gasteiger partial charge in [0.05, 0.1) is 18.2 Å². The molecule has 0 saturated heterocycles. The Bertz CT molecular complexity index is 525. The third kappa shape index (κ3) is 1.92. The molecular formula is C11H8ClNO2. The van der Waals surface area contributed by atoms with Crippen molar-refractivity contribution in [2.24, 2.45) is 0 Å². The lowest BCUT2D eigenvalue weighted by Gasteiger charge is -2.02. The largest absolute Gasteiger partial charge is 0.497 e. The van der Waals surface area contributed by atoms with E-state index in [4.69, 9.17) is 16.3 Å². The summed E-state index contributed by atoms with van der Waals surface area (Å²) in [4.78, 5) is 15.0. The van der Waals surface area contributed by atoms with Gasteiger partial charge in [-0.2, -0.15) is 0 Å². The van der Waals surface area contributed by atoms with Gasteiger partial charge in [0.1, 0.15) is 5.75 Å². The first-order chi connectivity index (χ1) is 7.20. The van der Waals surface area contributed by atoms with Crippen LogP contribution in [0.3, 0.4) is 0 Å². The van der Waals surface area contributed by atoms with Crippen molar-refractivity contribution < 1.29 is 9.53 Å². The van der Waals surface area contributed by atoms with Crippen LogP contribution in [-0.4, -0.2) is 17.3 Å². The number of carbonyl (C=O) groups excluding carboxylic acids is 1. The van der Waals surface area contributed by atoms with Gasteiger partial charge < -0.3 is 4.74 Å². The number of methoxy groups -OCH3 is 1. The molecule has 3 nitrogen and oxygen atoms in total. The summed E-state index contributed by atoms with van der Waals surface area (Å²) in [5.41, 5.74) is 1.17. The second-order valence-corrected chi connectivity index (χ2v) is 3.40. The molecule has 0 spiro atoms. The van der Waals surface area contributed by atoms with Gasteiger partial charge in [-0.25, -0.2) is 0 Å². The number of nitrogens with zero attached hydrogens (tertiary/aromatic N) is 1. The van der Waals surface area contributed by atoms with Crippen LogP contribution in [0.25, 0.3) is 10.9 Å². The van der Waals surface area contributed by atoms with Crippen LogP contribution in [0.15, 0.2) is 30.5 Å². The first-order valence-electron chi connectivity index (χ1n) is 4.34. The van der Waals surface area contributed by atoms with Crippen molar-refractivity contribution in [2.45, 2.75) is 0 Å². The lowest BCUT2D eigenvalue weighted by atomic mass is 10.1. The molecule has 1 aromatic carbocycles. The van der Waals surface area contributed by atoms with Crippen LogP contribution in [0.1, 0.15) is 10.4 Å². The zero-order valence-corrected chi connectivity index (χ0v) is 8.78. The van der Waals surface area contributed by atoms with Gasteiger partial charge in [0.15, 0.2) is 0 Å². The molecule has 0 bridgehead atoms. The van der Waals surface area contributed by atoms with E-state index in [1.54, 1.807) is 19.2 Å². The summed E-state index contributed by atoms with van der Waals surface area (Å²) >= 11 is 5.36. The summed E-state index contributed by atoms with van der Waals surface area (Å²) in [6.07, 6.45) is 1.46. The fourth-order valence-electron chi connectivity index (χ4n) is 1.34. The number of carbonyl (C=O) groups is 1. The molecule has 0 aliphatic rings. The molecule has 0 aliphatic heterocycles. The van der Waals surface area contributed by atoms with Gasteiger partial charge >= 0.3 is 0 Å². The predicted octanol–water partition coefficient (Wildman–Crippen LogP) is 2.62. The number of halogens is 1. The monoisotopic (exact) mass is 221 g/mol. The third-order valence-corrected chi connectivity index (χ3v) is 2.34. The molecule has 76 valence electrons. The molecule has 4 heteroatoms. The van der Waals surface area contributed by atoms with Crippen molar-refractivity contribution in [1.82, 2.24) is 4.98 Å². The number of rotatable bonds is 2. The summed E-state index contributed by atoms with van der Waals surface area (Å²) in [5.74, 6) is 0.736. The highest BCUT2D eigenvalue weighted by Gasteiger charge is 2.04. The Kier molecular flexibility index (Phi) is 2.56. The van der Waals surface area contributed by atoms with Crippen LogP contribution in [0, 0.1) is 0 Å². The van der Waals surface area contributed by atoms with Crippen LogP contribution >= 0.6 is 11.6 Å². The zero-order valence-electron chi connectivity index (χ0n) is 8.03. The molecule has 0 amide bonds. The smallest absolute Gasteiger partial charge is 0.253 e. The van der Waals surface area contributed by atoms with Gasteiger partial charge in [0, 0.05) is 17.6 Å². The normalized spacial score (nSPS) is 10.3. The van der Waals surface area contributed by atoms with E-state index >= 15 is 0 Å². The lowest BCUT2D eigenvalue weighted by molar-refractivity contribution is 0.108. The number of benzene rings is 1. The zero-order chi connectivity index (χ0) is 10.8. The Labute approximate surface area is 91.6 Å². The lowest BCUT2D eigenvalue weighted by Crippen LogP contribution is -1.91. The Balaban J connectivity index is 2.59. The maximum absolute atomic E-state index is 10.9. The highest BCUT2D eigenvalue weighted by Crippen LogP contribution is 2.20. The number of aromatic nitrogens is 1. The summed E-state index contributed by atoms with van der Waals surface area (Å²) in [6, 6.07) is 7.16. The number of fused-ring (bicyclic) bond motifs is 1. The van der Waals surface area contributed by atoms with E-state index in [9.17, 15) is 4.79 Å². The van der Waals surface area contributed by atoms with Crippen LogP contribution < -0.4 is 4.74 Å². The fourth-order valence-corrected chi connectivity index (χ4v) is 1.44. The van der Waals surface area contributed by atoms with Gasteiger partial charge in [-0.1, -0.05) is 0 Å². The Morgan fingerprint density at radius 2 is 2.20 bits per heavy atom. The topological polar surface area (TPSA) is 39.2 Å². The quantitative estimate of drug-likeness (QED) is 0.732. The molecule has 0 unspecified atom stereocenters. The van der Waals surface area contributed by atoms with Crippen molar-refractivity contribution in [3.05, 3.63) is 36.0 Å². The van der Waals surface area contributed by atoms with E-state index in [0.29, 0.717) is 5.56 Å². The van der Waals surface area contributed by atoms with E-state index in [-0.39, 0.29) is 0 Å². The maximum Gasteiger partial charge on any atom is 0.253 e. The second-order valence-electron chi connectivity index (χ2n) is 3.06. The minimum Gasteiger partial charge on any atom is -0.497 e. The van der Waals surface area contributed by atoms with Gasteiger partial charge in [0.2, 0.25) is 0 Å². The van der Waals surface area contributed by atoms with Crippen molar-refractivity contribution in [2.75, 3.05) is 7.11 Å². The highest BCUT2D eigenvalue weighted by atomic mass is 35.5. The molecule has 0 atom stereocenters. The molecule has 0 saturated carbocycles. The summed E-state index contributed by atoms with van der Waals surface area (Å²) in [5, 5.41) is 0.363. The molecule has 1 heterocycles. The molecule has 2 rings (SSSR count). The number of pyridine rings is 1. The molecule has 15 heavy (non-hydrogen) atoms. The van der Waals surface area contributed by atoms with E-state index < -0.39 is 5.24 Å². The van der Waals surface area contributed by atoms with E-state index in [1.807, 2.05) is 12.1 Å². The second kappa shape index (κ2) is 3.87. The minimum absolute atomic E-state index is 0.398. The van der Waals surface area contributed by atoms with Crippen molar-refractivity contribution in [3.8, 4) is 5.75 Å². The average Bonchev–Trinajstić information content (AvgIpc) is 2.27. The average molecular weight is 222 g/mol. The van der Waals surface area contributed by atoms with Crippen molar-refractivity contribution in [3.63, 3.8) is 0 Å². The Hall–Kier alpha value is -1.61. The summed E-state index contributed by atoms with van der Waals surface area (Å²) < 4.78 is 5.07. The van der Waals surface area contributed by atoms with Crippen LogP contribution in [0.4, 0.5) is 0 Å². The first-order valence-corrected chi connectivity index (χ1v) is 4.72. The van der Waals surface area contributed by atoms with Crippen LogP contribution in [0.2, 0.25) is 0 Å². The summed E-state index contributed by atoms with van der Waals surface area (Å²) in [7, 11) is 1.60. The molecule has 0 radical (unpaired) electrons. The standard InChI is InChI=1S/C11H8ClNO2/c1-15-9-3-2-7-4-8(11(12)14)6-13-10(7)5-9/h2-6H,1H3. The number of hydrogen-bond donors (Lipinski definition) is 0. The first kappa shape index (κ1) is 9.93. The highest BCUT2D eigenvalue weighted by molar-refractivity contribution is 6.67. The molecule has 0 fully saturated rings.